The zero-order valence-electron chi connectivity index (χ0n) is 15.6. The van der Waals surface area contributed by atoms with E-state index in [2.05, 4.69) is 15.6 Å². The number of benzene rings is 2. The summed E-state index contributed by atoms with van der Waals surface area (Å²) in [5.74, 6) is 1.23. The summed E-state index contributed by atoms with van der Waals surface area (Å²) in [5, 5.41) is 11.0. The van der Waals surface area contributed by atoms with Crippen molar-refractivity contribution >= 4 is 5.91 Å². The summed E-state index contributed by atoms with van der Waals surface area (Å²) in [6, 6.07) is 15.2. The van der Waals surface area contributed by atoms with Crippen LogP contribution in [0, 0.1) is 6.92 Å². The second kappa shape index (κ2) is 8.35. The number of aromatic nitrogens is 3. The number of carbonyl (C=O) groups excluding carboxylic acids is 1. The molecule has 0 aliphatic heterocycles. The minimum Gasteiger partial charge on any atom is -0.496 e. The summed E-state index contributed by atoms with van der Waals surface area (Å²) in [5.41, 5.74) is 2.86. The lowest BCUT2D eigenvalue weighted by atomic mass is 10.2. The summed E-state index contributed by atoms with van der Waals surface area (Å²) in [7, 11) is 3.23. The maximum atomic E-state index is 12.5. The van der Waals surface area contributed by atoms with Crippen LogP contribution in [0.3, 0.4) is 0 Å². The standard InChI is InChI=1S/C20H22N4O3/c1-14-19(20(25)21-12-15-8-4-6-10-17(15)26-2)22-23-24(14)13-16-9-5-7-11-18(16)27-3/h4-11H,12-13H2,1-3H3,(H,21,25). The van der Waals surface area contributed by atoms with Crippen molar-refractivity contribution in [1.82, 2.24) is 20.3 Å². The summed E-state index contributed by atoms with van der Waals surface area (Å²) >= 11 is 0. The number of methoxy groups -OCH3 is 2. The van der Waals surface area contributed by atoms with Crippen LogP contribution in [0.4, 0.5) is 0 Å². The van der Waals surface area contributed by atoms with Crippen molar-refractivity contribution in [3.63, 3.8) is 0 Å². The van der Waals surface area contributed by atoms with Gasteiger partial charge < -0.3 is 14.8 Å². The van der Waals surface area contributed by atoms with E-state index < -0.39 is 0 Å². The van der Waals surface area contributed by atoms with Gasteiger partial charge in [-0.25, -0.2) is 4.68 Å². The number of hydrogen-bond acceptors (Lipinski definition) is 5. The first-order valence-corrected chi connectivity index (χ1v) is 8.56. The Morgan fingerprint density at radius 3 is 2.26 bits per heavy atom. The van der Waals surface area contributed by atoms with Crippen LogP contribution in [0.25, 0.3) is 0 Å². The molecule has 7 nitrogen and oxygen atoms in total. The van der Waals surface area contributed by atoms with Crippen LogP contribution in [0.1, 0.15) is 27.3 Å². The Hall–Kier alpha value is -3.35. The molecule has 0 unspecified atom stereocenters. The molecule has 0 aliphatic carbocycles. The van der Waals surface area contributed by atoms with E-state index in [0.29, 0.717) is 24.5 Å². The number of nitrogens with zero attached hydrogens (tertiary/aromatic N) is 3. The van der Waals surface area contributed by atoms with Gasteiger partial charge in [-0.15, -0.1) is 5.10 Å². The van der Waals surface area contributed by atoms with Crippen LogP contribution in [0.5, 0.6) is 11.5 Å². The maximum absolute atomic E-state index is 12.5. The van der Waals surface area contributed by atoms with Gasteiger partial charge in [-0.3, -0.25) is 4.79 Å². The molecule has 1 heterocycles. The number of rotatable bonds is 7. The summed E-state index contributed by atoms with van der Waals surface area (Å²) < 4.78 is 12.4. The fourth-order valence-corrected chi connectivity index (χ4v) is 2.82. The smallest absolute Gasteiger partial charge is 0.274 e. The quantitative estimate of drug-likeness (QED) is 0.695. The normalized spacial score (nSPS) is 10.5. The predicted molar refractivity (Wildman–Crippen MR) is 101 cm³/mol. The van der Waals surface area contributed by atoms with Gasteiger partial charge in [0.15, 0.2) is 5.69 Å². The molecule has 0 bridgehead atoms. The molecule has 0 saturated heterocycles. The number of carbonyl (C=O) groups is 1. The third-order valence-electron chi connectivity index (χ3n) is 4.34. The monoisotopic (exact) mass is 366 g/mol. The fourth-order valence-electron chi connectivity index (χ4n) is 2.82. The zero-order valence-corrected chi connectivity index (χ0v) is 15.6. The van der Waals surface area contributed by atoms with E-state index in [4.69, 9.17) is 9.47 Å². The van der Waals surface area contributed by atoms with Gasteiger partial charge in [0, 0.05) is 17.7 Å². The summed E-state index contributed by atoms with van der Waals surface area (Å²) in [6.07, 6.45) is 0. The highest BCUT2D eigenvalue weighted by atomic mass is 16.5. The van der Waals surface area contributed by atoms with Gasteiger partial charge in [0.05, 0.1) is 26.5 Å². The van der Waals surface area contributed by atoms with Crippen LogP contribution in [-0.2, 0) is 13.1 Å². The summed E-state index contributed by atoms with van der Waals surface area (Å²) in [6.45, 7) is 2.65. The number of para-hydroxylation sites is 2. The summed E-state index contributed by atoms with van der Waals surface area (Å²) in [4.78, 5) is 12.5. The Kier molecular flexibility index (Phi) is 5.71. The Bertz CT molecular complexity index is 936. The van der Waals surface area contributed by atoms with Crippen LogP contribution >= 0.6 is 0 Å². The molecule has 27 heavy (non-hydrogen) atoms. The van der Waals surface area contributed by atoms with Crippen molar-refractivity contribution < 1.29 is 14.3 Å². The molecule has 2 aromatic carbocycles. The van der Waals surface area contributed by atoms with Crippen molar-refractivity contribution in [3.8, 4) is 11.5 Å². The molecule has 0 aliphatic rings. The number of amides is 1. The van der Waals surface area contributed by atoms with E-state index in [-0.39, 0.29) is 5.91 Å². The van der Waals surface area contributed by atoms with Crippen molar-refractivity contribution in [2.75, 3.05) is 14.2 Å². The topological polar surface area (TPSA) is 78.3 Å². The van der Waals surface area contributed by atoms with Gasteiger partial charge in [0.25, 0.3) is 5.91 Å². The van der Waals surface area contributed by atoms with E-state index in [0.717, 1.165) is 22.6 Å². The van der Waals surface area contributed by atoms with E-state index in [1.165, 1.54) is 0 Å². The van der Waals surface area contributed by atoms with E-state index in [1.807, 2.05) is 55.5 Å². The van der Waals surface area contributed by atoms with E-state index >= 15 is 0 Å². The first kappa shape index (κ1) is 18.4. The van der Waals surface area contributed by atoms with Crippen molar-refractivity contribution in [2.24, 2.45) is 0 Å². The molecule has 0 atom stereocenters. The van der Waals surface area contributed by atoms with Crippen LogP contribution < -0.4 is 14.8 Å². The third kappa shape index (κ3) is 4.08. The Morgan fingerprint density at radius 1 is 1.00 bits per heavy atom. The zero-order chi connectivity index (χ0) is 19.2. The van der Waals surface area contributed by atoms with E-state index in [1.54, 1.807) is 18.9 Å². The minimum absolute atomic E-state index is 0.273. The predicted octanol–water partition coefficient (Wildman–Crippen LogP) is 2.58. The highest BCUT2D eigenvalue weighted by Gasteiger charge is 2.17. The van der Waals surface area contributed by atoms with Gasteiger partial charge in [-0.2, -0.15) is 0 Å². The molecule has 0 spiro atoms. The number of hydrogen-bond donors (Lipinski definition) is 1. The largest absolute Gasteiger partial charge is 0.496 e. The first-order valence-electron chi connectivity index (χ1n) is 8.56. The number of nitrogens with one attached hydrogen (secondary N) is 1. The molecular formula is C20H22N4O3. The van der Waals surface area contributed by atoms with Gasteiger partial charge in [-0.05, 0) is 19.1 Å². The minimum atomic E-state index is -0.273. The Labute approximate surface area is 157 Å². The van der Waals surface area contributed by atoms with Gasteiger partial charge >= 0.3 is 0 Å². The molecule has 3 aromatic rings. The van der Waals surface area contributed by atoms with Gasteiger partial charge in [0.1, 0.15) is 11.5 Å². The molecule has 0 radical (unpaired) electrons. The highest BCUT2D eigenvalue weighted by Crippen LogP contribution is 2.20. The molecule has 1 N–H and O–H groups in total. The van der Waals surface area contributed by atoms with E-state index in [9.17, 15) is 4.79 Å². The second-order valence-corrected chi connectivity index (χ2v) is 5.99. The fraction of sp³-hybridized carbons (Fsp3) is 0.250. The maximum Gasteiger partial charge on any atom is 0.274 e. The van der Waals surface area contributed by atoms with Crippen LogP contribution in [-0.4, -0.2) is 35.1 Å². The molecule has 7 heteroatoms. The van der Waals surface area contributed by atoms with Crippen LogP contribution in [0.2, 0.25) is 0 Å². The number of ether oxygens (including phenoxy) is 2. The average Bonchev–Trinajstić information content (AvgIpc) is 3.07. The van der Waals surface area contributed by atoms with Crippen LogP contribution in [0.15, 0.2) is 48.5 Å². The SMILES string of the molecule is COc1ccccc1CNC(=O)c1nnn(Cc2ccccc2OC)c1C. The first-order chi connectivity index (χ1) is 13.1. The molecule has 0 saturated carbocycles. The van der Waals surface area contributed by atoms with Crippen molar-refractivity contribution in [1.29, 1.82) is 0 Å². The molecule has 140 valence electrons. The lowest BCUT2D eigenvalue weighted by Gasteiger charge is -2.10. The Morgan fingerprint density at radius 2 is 1.59 bits per heavy atom. The molecule has 1 aromatic heterocycles. The molecule has 1 amide bonds. The third-order valence-corrected chi connectivity index (χ3v) is 4.34. The van der Waals surface area contributed by atoms with Crippen molar-refractivity contribution in [3.05, 3.63) is 71.0 Å². The second-order valence-electron chi connectivity index (χ2n) is 5.99. The lowest BCUT2D eigenvalue weighted by Crippen LogP contribution is -2.24. The molecule has 3 rings (SSSR count). The molecule has 0 fully saturated rings. The average molecular weight is 366 g/mol. The Balaban J connectivity index is 1.72. The van der Waals surface area contributed by atoms with Gasteiger partial charge in [-0.1, -0.05) is 41.6 Å². The lowest BCUT2D eigenvalue weighted by molar-refractivity contribution is 0.0945. The van der Waals surface area contributed by atoms with Gasteiger partial charge in [0.2, 0.25) is 0 Å². The van der Waals surface area contributed by atoms with Crippen molar-refractivity contribution in [2.45, 2.75) is 20.0 Å². The highest BCUT2D eigenvalue weighted by molar-refractivity contribution is 5.93. The molecular weight excluding hydrogens is 344 g/mol.